The number of benzene rings is 1. The van der Waals surface area contributed by atoms with Gasteiger partial charge >= 0.3 is 0 Å². The molecule has 1 aliphatic heterocycles. The van der Waals surface area contributed by atoms with Gasteiger partial charge in [-0.15, -0.1) is 11.3 Å². The van der Waals surface area contributed by atoms with Crippen molar-refractivity contribution in [1.82, 2.24) is 0 Å². The van der Waals surface area contributed by atoms with Crippen LogP contribution in [0.5, 0.6) is 5.75 Å². The van der Waals surface area contributed by atoms with E-state index in [2.05, 4.69) is 4.99 Å². The first-order valence-corrected chi connectivity index (χ1v) is 8.54. The van der Waals surface area contributed by atoms with Crippen molar-refractivity contribution >= 4 is 23.0 Å². The van der Waals surface area contributed by atoms with E-state index in [1.54, 1.807) is 11.3 Å². The van der Waals surface area contributed by atoms with Gasteiger partial charge in [0.15, 0.2) is 5.78 Å². The maximum absolute atomic E-state index is 12.0. The number of carbonyl (C=O) groups excluding carboxylic acids is 1. The standard InChI is InChI=1S/C18H19NO3S/c1-13-4-9-17(23-13)16(20)3-2-11-21-15-7-5-14(6-8-15)18-19-10-12-22-18/h4-9H,2-3,10-12H2,1H3. The summed E-state index contributed by atoms with van der Waals surface area (Å²) in [6.07, 6.45) is 1.23. The van der Waals surface area contributed by atoms with Crippen LogP contribution in [0.2, 0.25) is 0 Å². The Labute approximate surface area is 139 Å². The number of hydrogen-bond donors (Lipinski definition) is 0. The first-order chi connectivity index (χ1) is 11.2. The van der Waals surface area contributed by atoms with Crippen LogP contribution in [-0.2, 0) is 4.74 Å². The van der Waals surface area contributed by atoms with Crippen molar-refractivity contribution in [1.29, 1.82) is 0 Å². The smallest absolute Gasteiger partial charge is 0.216 e. The number of thiophene rings is 1. The number of aliphatic imine (C=N–C) groups is 1. The number of hydrogen-bond acceptors (Lipinski definition) is 5. The van der Waals surface area contributed by atoms with Gasteiger partial charge in [-0.05, 0) is 49.7 Å². The quantitative estimate of drug-likeness (QED) is 0.572. The lowest BCUT2D eigenvalue weighted by Crippen LogP contribution is -2.03. The minimum atomic E-state index is 0.193. The summed E-state index contributed by atoms with van der Waals surface area (Å²) in [4.78, 5) is 18.3. The number of aryl methyl sites for hydroxylation is 1. The summed E-state index contributed by atoms with van der Waals surface area (Å²) >= 11 is 1.55. The molecule has 1 aromatic carbocycles. The molecule has 5 heteroatoms. The van der Waals surface area contributed by atoms with Crippen LogP contribution in [0.1, 0.15) is 33.0 Å². The minimum Gasteiger partial charge on any atom is -0.494 e. The summed E-state index contributed by atoms with van der Waals surface area (Å²) < 4.78 is 11.1. The van der Waals surface area contributed by atoms with Crippen molar-refractivity contribution in [3.63, 3.8) is 0 Å². The topological polar surface area (TPSA) is 47.9 Å². The molecule has 0 aliphatic carbocycles. The normalized spacial score (nSPS) is 13.5. The predicted octanol–water partition coefficient (Wildman–Crippen LogP) is 3.88. The fraction of sp³-hybridized carbons (Fsp3) is 0.333. The Bertz CT molecular complexity index is 703. The molecular formula is C18H19NO3S. The largest absolute Gasteiger partial charge is 0.494 e. The van der Waals surface area contributed by atoms with E-state index in [1.807, 2.05) is 43.3 Å². The molecule has 0 spiro atoms. The van der Waals surface area contributed by atoms with Crippen molar-refractivity contribution in [2.24, 2.45) is 4.99 Å². The Kier molecular flexibility index (Phi) is 5.08. The highest BCUT2D eigenvalue weighted by atomic mass is 32.1. The van der Waals surface area contributed by atoms with Gasteiger partial charge in [-0.1, -0.05) is 0 Å². The van der Waals surface area contributed by atoms with Crippen LogP contribution < -0.4 is 4.74 Å². The molecule has 0 atom stereocenters. The van der Waals surface area contributed by atoms with Gasteiger partial charge in [0.2, 0.25) is 5.90 Å². The fourth-order valence-electron chi connectivity index (χ4n) is 2.33. The van der Waals surface area contributed by atoms with Gasteiger partial charge in [0, 0.05) is 16.9 Å². The molecule has 0 unspecified atom stereocenters. The Morgan fingerprint density at radius 2 is 2.09 bits per heavy atom. The molecule has 0 fully saturated rings. The van der Waals surface area contributed by atoms with E-state index >= 15 is 0 Å². The highest BCUT2D eigenvalue weighted by molar-refractivity contribution is 7.14. The zero-order chi connectivity index (χ0) is 16.1. The third-order valence-electron chi connectivity index (χ3n) is 3.52. The number of carbonyl (C=O) groups is 1. The molecule has 3 rings (SSSR count). The molecule has 23 heavy (non-hydrogen) atoms. The molecule has 0 bridgehead atoms. The lowest BCUT2D eigenvalue weighted by molar-refractivity contribution is 0.0977. The van der Waals surface area contributed by atoms with Gasteiger partial charge in [-0.3, -0.25) is 4.79 Å². The van der Waals surface area contributed by atoms with Gasteiger partial charge in [0.25, 0.3) is 0 Å². The van der Waals surface area contributed by atoms with Crippen molar-refractivity contribution in [3.8, 4) is 5.75 Å². The van der Waals surface area contributed by atoms with E-state index in [1.165, 1.54) is 4.88 Å². The van der Waals surface area contributed by atoms with Gasteiger partial charge < -0.3 is 9.47 Å². The van der Waals surface area contributed by atoms with Crippen LogP contribution in [0.15, 0.2) is 41.4 Å². The number of ether oxygens (including phenoxy) is 2. The van der Waals surface area contributed by atoms with Crippen LogP contribution in [0.4, 0.5) is 0 Å². The summed E-state index contributed by atoms with van der Waals surface area (Å²) in [6, 6.07) is 11.6. The average Bonchev–Trinajstić information content (AvgIpc) is 3.23. The SMILES string of the molecule is Cc1ccc(C(=O)CCCOc2ccc(C3=NCCO3)cc2)s1. The Balaban J connectivity index is 1.43. The second-order valence-electron chi connectivity index (χ2n) is 5.35. The Morgan fingerprint density at radius 3 is 2.74 bits per heavy atom. The highest BCUT2D eigenvalue weighted by Crippen LogP contribution is 2.18. The van der Waals surface area contributed by atoms with Crippen molar-refractivity contribution < 1.29 is 14.3 Å². The number of nitrogens with zero attached hydrogens (tertiary/aromatic N) is 1. The molecule has 1 aromatic heterocycles. The molecule has 0 saturated carbocycles. The van der Waals surface area contributed by atoms with Gasteiger partial charge in [0.05, 0.1) is 18.0 Å². The zero-order valence-corrected chi connectivity index (χ0v) is 13.9. The fourth-order valence-corrected chi connectivity index (χ4v) is 3.17. The second kappa shape index (κ2) is 7.42. The monoisotopic (exact) mass is 329 g/mol. The van der Waals surface area contributed by atoms with E-state index < -0.39 is 0 Å². The highest BCUT2D eigenvalue weighted by Gasteiger charge is 2.10. The molecule has 120 valence electrons. The van der Waals surface area contributed by atoms with Gasteiger partial charge in [0.1, 0.15) is 12.4 Å². The summed E-state index contributed by atoms with van der Waals surface area (Å²) in [6.45, 7) is 3.93. The lowest BCUT2D eigenvalue weighted by Gasteiger charge is -2.07. The van der Waals surface area contributed by atoms with Gasteiger partial charge in [-0.2, -0.15) is 0 Å². The second-order valence-corrected chi connectivity index (χ2v) is 6.63. The third kappa shape index (κ3) is 4.20. The summed E-state index contributed by atoms with van der Waals surface area (Å²) in [7, 11) is 0. The molecule has 0 saturated heterocycles. The average molecular weight is 329 g/mol. The Hall–Kier alpha value is -2.14. The number of Topliss-reactive ketones (excluding diaryl/α,β-unsaturated/α-hetero) is 1. The lowest BCUT2D eigenvalue weighted by atomic mass is 10.2. The van der Waals surface area contributed by atoms with Crippen molar-refractivity contribution in [3.05, 3.63) is 51.7 Å². The zero-order valence-electron chi connectivity index (χ0n) is 13.1. The predicted molar refractivity (Wildman–Crippen MR) is 91.9 cm³/mol. The molecule has 2 aromatic rings. The molecule has 4 nitrogen and oxygen atoms in total. The molecule has 0 N–H and O–H groups in total. The van der Waals surface area contributed by atoms with E-state index in [9.17, 15) is 4.79 Å². The van der Waals surface area contributed by atoms with Gasteiger partial charge in [-0.25, -0.2) is 4.99 Å². The minimum absolute atomic E-state index is 0.193. The van der Waals surface area contributed by atoms with E-state index in [0.29, 0.717) is 32.0 Å². The van der Waals surface area contributed by atoms with Crippen LogP contribution in [-0.4, -0.2) is 31.4 Å². The van der Waals surface area contributed by atoms with E-state index in [4.69, 9.17) is 9.47 Å². The molecule has 1 aliphatic rings. The maximum Gasteiger partial charge on any atom is 0.216 e. The number of ketones is 1. The van der Waals surface area contributed by atoms with Crippen molar-refractivity contribution in [2.75, 3.05) is 19.8 Å². The third-order valence-corrected chi connectivity index (χ3v) is 4.56. The van der Waals surface area contributed by atoms with Crippen molar-refractivity contribution in [2.45, 2.75) is 19.8 Å². The Morgan fingerprint density at radius 1 is 1.26 bits per heavy atom. The molecule has 2 heterocycles. The van der Waals surface area contributed by atoms with E-state index in [0.717, 1.165) is 22.7 Å². The van der Waals surface area contributed by atoms with Crippen LogP contribution in [0.3, 0.4) is 0 Å². The van der Waals surface area contributed by atoms with Crippen LogP contribution >= 0.6 is 11.3 Å². The summed E-state index contributed by atoms with van der Waals surface area (Å²) in [5, 5.41) is 0. The van der Waals surface area contributed by atoms with Crippen LogP contribution in [0, 0.1) is 6.92 Å². The van der Waals surface area contributed by atoms with E-state index in [-0.39, 0.29) is 5.78 Å². The first kappa shape index (κ1) is 15.7. The first-order valence-electron chi connectivity index (χ1n) is 7.72. The van der Waals surface area contributed by atoms with Crippen LogP contribution in [0.25, 0.3) is 0 Å². The summed E-state index contributed by atoms with van der Waals surface area (Å²) in [5.41, 5.74) is 0.970. The summed E-state index contributed by atoms with van der Waals surface area (Å²) in [5.74, 6) is 1.69. The molecular weight excluding hydrogens is 310 g/mol. The molecule has 0 amide bonds. The number of rotatable bonds is 7. The maximum atomic E-state index is 12.0. The molecule has 0 radical (unpaired) electrons.